The molecule has 12 heavy (non-hydrogen) atoms. The minimum absolute atomic E-state index is 0. The van der Waals surface area contributed by atoms with Crippen molar-refractivity contribution in [2.75, 3.05) is 25.5 Å². The predicted molar refractivity (Wildman–Crippen MR) is 53.2 cm³/mol. The molecule has 0 bridgehead atoms. The van der Waals surface area contributed by atoms with Gasteiger partial charge in [-0.2, -0.15) is 0 Å². The molecule has 0 aromatic heterocycles. The van der Waals surface area contributed by atoms with Gasteiger partial charge < -0.3 is 4.90 Å². The van der Waals surface area contributed by atoms with Crippen LogP contribution < -0.4 is 0 Å². The van der Waals surface area contributed by atoms with Crippen LogP contribution in [0.15, 0.2) is 0 Å². The van der Waals surface area contributed by atoms with Crippen LogP contribution in [0.25, 0.3) is 0 Å². The molecule has 0 spiro atoms. The van der Waals surface area contributed by atoms with Crippen molar-refractivity contribution in [1.29, 1.82) is 0 Å². The summed E-state index contributed by atoms with van der Waals surface area (Å²) in [5.41, 5.74) is 0. The molecule has 0 amide bonds. The quantitative estimate of drug-likeness (QED) is 0.655. The largest absolute Gasteiger partial charge is 0.303 e. The second kappa shape index (κ2) is 6.93. The summed E-state index contributed by atoms with van der Waals surface area (Å²) in [5.74, 6) is 0.718. The van der Waals surface area contributed by atoms with E-state index < -0.39 is 6.17 Å². The Balaban J connectivity index is 0.00000121. The summed E-state index contributed by atoms with van der Waals surface area (Å²) in [7, 11) is 0. The Hall–Kier alpha value is 0.470. The topological polar surface area (TPSA) is 3.24 Å². The van der Waals surface area contributed by atoms with E-state index in [9.17, 15) is 4.39 Å². The van der Waals surface area contributed by atoms with Gasteiger partial charge in [-0.1, -0.05) is 0 Å². The molecule has 1 heterocycles. The summed E-state index contributed by atoms with van der Waals surface area (Å²) < 4.78 is 12.6. The number of piperidine rings is 1. The predicted octanol–water partition coefficient (Wildman–Crippen LogP) is 2.47. The number of nitrogens with zero attached hydrogens (tertiary/aromatic N) is 1. The van der Waals surface area contributed by atoms with E-state index in [2.05, 4.69) is 4.90 Å². The third-order valence-electron chi connectivity index (χ3n) is 2.13. The highest BCUT2D eigenvalue weighted by Gasteiger charge is 2.17. The van der Waals surface area contributed by atoms with Gasteiger partial charge in [0.1, 0.15) is 6.17 Å². The van der Waals surface area contributed by atoms with Crippen LogP contribution in [0.2, 0.25) is 0 Å². The van der Waals surface area contributed by atoms with Crippen molar-refractivity contribution >= 4 is 24.0 Å². The van der Waals surface area contributed by atoms with Gasteiger partial charge in [-0.25, -0.2) is 4.39 Å². The maximum atomic E-state index is 12.6. The number of alkyl halides is 2. The standard InChI is InChI=1S/C8H15ClFN.ClH/c9-4-1-5-11-6-2-8(10)3-7-11;/h8H,1-7H2;1H. The summed E-state index contributed by atoms with van der Waals surface area (Å²) in [6, 6.07) is 0. The van der Waals surface area contributed by atoms with E-state index in [1.807, 2.05) is 0 Å². The molecule has 1 rings (SSSR count). The minimum Gasteiger partial charge on any atom is -0.303 e. The van der Waals surface area contributed by atoms with Crippen molar-refractivity contribution in [2.24, 2.45) is 0 Å². The number of hydrogen-bond donors (Lipinski definition) is 0. The molecule has 0 aromatic rings. The van der Waals surface area contributed by atoms with Crippen molar-refractivity contribution in [3.8, 4) is 0 Å². The maximum absolute atomic E-state index is 12.6. The van der Waals surface area contributed by atoms with Crippen molar-refractivity contribution in [2.45, 2.75) is 25.4 Å². The molecule has 0 aliphatic carbocycles. The Morgan fingerprint density at radius 2 is 1.92 bits per heavy atom. The first kappa shape index (κ1) is 12.5. The normalized spacial score (nSPS) is 20.5. The molecular formula is C8H16Cl2FN. The fourth-order valence-corrected chi connectivity index (χ4v) is 1.53. The van der Waals surface area contributed by atoms with Crippen LogP contribution in [0.3, 0.4) is 0 Å². The molecule has 0 unspecified atom stereocenters. The van der Waals surface area contributed by atoms with Gasteiger partial charge in [0.2, 0.25) is 0 Å². The Morgan fingerprint density at radius 1 is 1.33 bits per heavy atom. The molecular weight excluding hydrogens is 200 g/mol. The van der Waals surface area contributed by atoms with Crippen molar-refractivity contribution in [3.05, 3.63) is 0 Å². The molecule has 74 valence electrons. The van der Waals surface area contributed by atoms with Crippen LogP contribution in [-0.2, 0) is 0 Å². The second-order valence-electron chi connectivity index (χ2n) is 3.06. The molecule has 4 heteroatoms. The van der Waals surface area contributed by atoms with Gasteiger partial charge in [0.25, 0.3) is 0 Å². The first-order chi connectivity index (χ1) is 5.33. The lowest BCUT2D eigenvalue weighted by molar-refractivity contribution is 0.151. The highest BCUT2D eigenvalue weighted by atomic mass is 35.5. The number of halogens is 3. The molecule has 1 fully saturated rings. The molecule has 1 nitrogen and oxygen atoms in total. The molecule has 0 atom stereocenters. The lowest BCUT2D eigenvalue weighted by Crippen LogP contribution is -2.35. The van der Waals surface area contributed by atoms with E-state index in [4.69, 9.17) is 11.6 Å². The van der Waals surface area contributed by atoms with Gasteiger partial charge >= 0.3 is 0 Å². The lowest BCUT2D eigenvalue weighted by atomic mass is 10.1. The average Bonchev–Trinajstić information content (AvgIpc) is 2.04. The van der Waals surface area contributed by atoms with Gasteiger partial charge in [0.05, 0.1) is 0 Å². The highest BCUT2D eigenvalue weighted by molar-refractivity contribution is 6.17. The van der Waals surface area contributed by atoms with Crippen molar-refractivity contribution in [1.82, 2.24) is 4.90 Å². The van der Waals surface area contributed by atoms with Gasteiger partial charge in [-0.3, -0.25) is 0 Å². The number of rotatable bonds is 3. The zero-order valence-electron chi connectivity index (χ0n) is 7.14. The van der Waals surface area contributed by atoms with Gasteiger partial charge in [-0.05, 0) is 25.8 Å². The van der Waals surface area contributed by atoms with E-state index in [-0.39, 0.29) is 12.4 Å². The van der Waals surface area contributed by atoms with Crippen LogP contribution >= 0.6 is 24.0 Å². The van der Waals surface area contributed by atoms with Crippen LogP contribution in [0.5, 0.6) is 0 Å². The third kappa shape index (κ3) is 4.48. The lowest BCUT2D eigenvalue weighted by Gasteiger charge is -2.27. The number of likely N-dealkylation sites (tertiary alicyclic amines) is 1. The minimum atomic E-state index is -0.553. The van der Waals surface area contributed by atoms with Gasteiger partial charge in [0, 0.05) is 19.0 Å². The van der Waals surface area contributed by atoms with Crippen LogP contribution in [0.4, 0.5) is 4.39 Å². The van der Waals surface area contributed by atoms with Crippen LogP contribution in [-0.4, -0.2) is 36.6 Å². The van der Waals surface area contributed by atoms with Crippen LogP contribution in [0.1, 0.15) is 19.3 Å². The molecule has 1 aliphatic heterocycles. The average molecular weight is 216 g/mol. The van der Waals surface area contributed by atoms with Crippen LogP contribution in [0, 0.1) is 0 Å². The SMILES string of the molecule is Cl.FC1CCN(CCCCl)CC1. The first-order valence-electron chi connectivity index (χ1n) is 4.25. The maximum Gasteiger partial charge on any atom is 0.103 e. The molecule has 0 N–H and O–H groups in total. The van der Waals surface area contributed by atoms with E-state index >= 15 is 0 Å². The fraction of sp³-hybridized carbons (Fsp3) is 1.00. The zero-order chi connectivity index (χ0) is 8.10. The zero-order valence-corrected chi connectivity index (χ0v) is 8.71. The third-order valence-corrected chi connectivity index (χ3v) is 2.39. The molecule has 1 saturated heterocycles. The summed E-state index contributed by atoms with van der Waals surface area (Å²) in [6.45, 7) is 2.87. The Morgan fingerprint density at radius 3 is 2.42 bits per heavy atom. The van der Waals surface area contributed by atoms with Gasteiger partial charge in [-0.15, -0.1) is 24.0 Å². The van der Waals surface area contributed by atoms with E-state index in [1.54, 1.807) is 0 Å². The molecule has 0 saturated carbocycles. The Kier molecular flexibility index (Phi) is 7.20. The summed E-state index contributed by atoms with van der Waals surface area (Å²) in [5, 5.41) is 0. The monoisotopic (exact) mass is 215 g/mol. The molecule has 0 radical (unpaired) electrons. The Labute approximate surface area is 84.7 Å². The smallest absolute Gasteiger partial charge is 0.103 e. The van der Waals surface area contributed by atoms with Gasteiger partial charge in [0.15, 0.2) is 0 Å². The molecule has 1 aliphatic rings. The second-order valence-corrected chi connectivity index (χ2v) is 3.44. The van der Waals surface area contributed by atoms with E-state index in [0.717, 1.165) is 31.9 Å². The summed E-state index contributed by atoms with van der Waals surface area (Å²) >= 11 is 5.55. The first-order valence-corrected chi connectivity index (χ1v) is 4.79. The van der Waals surface area contributed by atoms with Crippen molar-refractivity contribution in [3.63, 3.8) is 0 Å². The van der Waals surface area contributed by atoms with Crippen molar-refractivity contribution < 1.29 is 4.39 Å². The Bertz CT molecular complexity index is 102. The fourth-order valence-electron chi connectivity index (χ4n) is 1.41. The molecule has 0 aromatic carbocycles. The summed E-state index contributed by atoms with van der Waals surface area (Å²) in [4.78, 5) is 2.29. The summed E-state index contributed by atoms with van der Waals surface area (Å²) in [6.07, 6.45) is 1.89. The van der Waals surface area contributed by atoms with E-state index in [0.29, 0.717) is 12.8 Å². The highest BCUT2D eigenvalue weighted by Crippen LogP contribution is 2.13. The van der Waals surface area contributed by atoms with E-state index in [1.165, 1.54) is 0 Å². The number of hydrogen-bond acceptors (Lipinski definition) is 1.